The highest BCUT2D eigenvalue weighted by atomic mass is 16.5. The first-order valence-corrected chi connectivity index (χ1v) is 7.96. The van der Waals surface area contributed by atoms with Crippen molar-refractivity contribution in [3.05, 3.63) is 36.3 Å². The van der Waals surface area contributed by atoms with Gasteiger partial charge in [-0.25, -0.2) is 0 Å². The number of aryl methyl sites for hydroxylation is 1. The minimum Gasteiger partial charge on any atom is -0.378 e. The highest BCUT2D eigenvalue weighted by Crippen LogP contribution is 2.25. The van der Waals surface area contributed by atoms with Crippen molar-refractivity contribution in [2.45, 2.75) is 6.54 Å². The predicted octanol–water partition coefficient (Wildman–Crippen LogP) is 1.21. The number of aromatic nitrogens is 5. The van der Waals surface area contributed by atoms with Gasteiger partial charge in [-0.2, -0.15) is 15.1 Å². The third-order valence-electron chi connectivity index (χ3n) is 4.06. The van der Waals surface area contributed by atoms with E-state index in [0.717, 1.165) is 35.5 Å². The fraction of sp³-hybridized carbons (Fsp3) is 0.375. The van der Waals surface area contributed by atoms with E-state index in [1.54, 1.807) is 10.9 Å². The van der Waals surface area contributed by atoms with Gasteiger partial charge in [-0.1, -0.05) is 6.07 Å². The van der Waals surface area contributed by atoms with Gasteiger partial charge in [0.1, 0.15) is 5.82 Å². The van der Waals surface area contributed by atoms with Gasteiger partial charge in [-0.3, -0.25) is 9.67 Å². The SMILES string of the molecule is Cn1ncc2c(N3CCOCC3)nc(NCc3cccnc3)nc21. The summed E-state index contributed by atoms with van der Waals surface area (Å²) in [6.07, 6.45) is 5.42. The first-order chi connectivity index (χ1) is 11.8. The fourth-order valence-corrected chi connectivity index (χ4v) is 2.79. The van der Waals surface area contributed by atoms with Gasteiger partial charge in [0.25, 0.3) is 0 Å². The Labute approximate surface area is 139 Å². The van der Waals surface area contributed by atoms with Crippen LogP contribution in [0.3, 0.4) is 0 Å². The zero-order valence-corrected chi connectivity index (χ0v) is 13.5. The molecular formula is C16H19N7O. The van der Waals surface area contributed by atoms with Crippen LogP contribution in [0, 0.1) is 0 Å². The van der Waals surface area contributed by atoms with Crippen molar-refractivity contribution in [2.24, 2.45) is 7.05 Å². The monoisotopic (exact) mass is 325 g/mol. The maximum atomic E-state index is 5.45. The predicted molar refractivity (Wildman–Crippen MR) is 90.9 cm³/mol. The average Bonchev–Trinajstić information content (AvgIpc) is 3.02. The molecule has 0 radical (unpaired) electrons. The molecule has 124 valence electrons. The number of nitrogens with zero attached hydrogens (tertiary/aromatic N) is 6. The van der Waals surface area contributed by atoms with Gasteiger partial charge in [0.15, 0.2) is 5.65 Å². The Morgan fingerprint density at radius 1 is 1.21 bits per heavy atom. The van der Waals surface area contributed by atoms with Gasteiger partial charge < -0.3 is 15.0 Å². The molecule has 4 heterocycles. The molecule has 0 amide bonds. The number of nitrogens with one attached hydrogen (secondary N) is 1. The molecule has 0 saturated carbocycles. The fourth-order valence-electron chi connectivity index (χ4n) is 2.79. The minimum atomic E-state index is 0.594. The van der Waals surface area contributed by atoms with Crippen molar-refractivity contribution in [1.82, 2.24) is 24.7 Å². The Hall–Kier alpha value is -2.74. The number of hydrogen-bond acceptors (Lipinski definition) is 7. The van der Waals surface area contributed by atoms with E-state index in [-0.39, 0.29) is 0 Å². The number of hydrogen-bond donors (Lipinski definition) is 1. The summed E-state index contributed by atoms with van der Waals surface area (Å²) in [7, 11) is 1.89. The lowest BCUT2D eigenvalue weighted by molar-refractivity contribution is 0.122. The molecule has 1 aliphatic heterocycles. The van der Waals surface area contributed by atoms with Crippen molar-refractivity contribution in [2.75, 3.05) is 36.5 Å². The van der Waals surface area contributed by atoms with Crippen molar-refractivity contribution in [3.63, 3.8) is 0 Å². The molecule has 0 spiro atoms. The molecule has 8 heteroatoms. The van der Waals surface area contributed by atoms with E-state index >= 15 is 0 Å². The van der Waals surface area contributed by atoms with Crippen LogP contribution in [0.1, 0.15) is 5.56 Å². The quantitative estimate of drug-likeness (QED) is 0.772. The Bertz CT molecular complexity index is 827. The molecule has 1 fully saturated rings. The van der Waals surface area contributed by atoms with Crippen LogP contribution >= 0.6 is 0 Å². The number of pyridine rings is 1. The molecule has 0 bridgehead atoms. The molecule has 0 unspecified atom stereocenters. The van der Waals surface area contributed by atoms with Gasteiger partial charge in [0.05, 0.1) is 24.8 Å². The van der Waals surface area contributed by atoms with Gasteiger partial charge in [0.2, 0.25) is 5.95 Å². The summed E-state index contributed by atoms with van der Waals surface area (Å²) < 4.78 is 7.22. The number of rotatable bonds is 4. The summed E-state index contributed by atoms with van der Waals surface area (Å²) >= 11 is 0. The summed E-state index contributed by atoms with van der Waals surface area (Å²) in [5.41, 5.74) is 1.90. The van der Waals surface area contributed by atoms with Crippen LogP contribution in [0.4, 0.5) is 11.8 Å². The van der Waals surface area contributed by atoms with Crippen LogP contribution in [-0.2, 0) is 18.3 Å². The molecule has 1 N–H and O–H groups in total. The zero-order valence-electron chi connectivity index (χ0n) is 13.5. The third kappa shape index (κ3) is 2.88. The van der Waals surface area contributed by atoms with Crippen LogP contribution in [-0.4, -0.2) is 51.0 Å². The maximum absolute atomic E-state index is 5.45. The van der Waals surface area contributed by atoms with Crippen molar-refractivity contribution >= 4 is 22.8 Å². The van der Waals surface area contributed by atoms with Crippen LogP contribution in [0.5, 0.6) is 0 Å². The second-order valence-corrected chi connectivity index (χ2v) is 5.69. The number of fused-ring (bicyclic) bond motifs is 1. The zero-order chi connectivity index (χ0) is 16.4. The number of anilines is 2. The Balaban J connectivity index is 1.66. The Morgan fingerprint density at radius 3 is 2.88 bits per heavy atom. The molecule has 1 saturated heterocycles. The average molecular weight is 325 g/mol. The van der Waals surface area contributed by atoms with E-state index in [2.05, 4.69) is 25.3 Å². The van der Waals surface area contributed by atoms with E-state index in [1.165, 1.54) is 0 Å². The molecule has 0 aliphatic carbocycles. The van der Waals surface area contributed by atoms with Gasteiger partial charge in [0, 0.05) is 39.1 Å². The summed E-state index contributed by atoms with van der Waals surface area (Å²) in [6, 6.07) is 3.94. The Morgan fingerprint density at radius 2 is 2.08 bits per heavy atom. The van der Waals surface area contributed by atoms with Crippen LogP contribution in [0.2, 0.25) is 0 Å². The summed E-state index contributed by atoms with van der Waals surface area (Å²) in [4.78, 5) is 15.7. The molecule has 24 heavy (non-hydrogen) atoms. The van der Waals surface area contributed by atoms with Crippen molar-refractivity contribution in [1.29, 1.82) is 0 Å². The van der Waals surface area contributed by atoms with Crippen molar-refractivity contribution < 1.29 is 4.74 Å². The molecule has 3 aromatic heterocycles. The lowest BCUT2D eigenvalue weighted by atomic mass is 10.3. The molecule has 1 aliphatic rings. The van der Waals surface area contributed by atoms with Crippen molar-refractivity contribution in [3.8, 4) is 0 Å². The van der Waals surface area contributed by atoms with Crippen LogP contribution < -0.4 is 10.2 Å². The normalized spacial score (nSPS) is 15.0. The first-order valence-electron chi connectivity index (χ1n) is 7.96. The van der Waals surface area contributed by atoms with Gasteiger partial charge in [-0.05, 0) is 11.6 Å². The van der Waals surface area contributed by atoms with E-state index in [9.17, 15) is 0 Å². The molecule has 0 aromatic carbocycles. The standard InChI is InChI=1S/C16H19N7O/c1-22-14-13(11-19-22)15(23-5-7-24-8-6-23)21-16(20-14)18-10-12-3-2-4-17-9-12/h2-4,9,11H,5-8,10H2,1H3,(H,18,20,21). The van der Waals surface area contributed by atoms with E-state index in [0.29, 0.717) is 25.7 Å². The molecule has 8 nitrogen and oxygen atoms in total. The molecule has 3 aromatic rings. The highest BCUT2D eigenvalue weighted by Gasteiger charge is 2.19. The van der Waals surface area contributed by atoms with Gasteiger partial charge >= 0.3 is 0 Å². The second kappa shape index (κ2) is 6.40. The second-order valence-electron chi connectivity index (χ2n) is 5.69. The smallest absolute Gasteiger partial charge is 0.227 e. The van der Waals surface area contributed by atoms with Gasteiger partial charge in [-0.15, -0.1) is 0 Å². The maximum Gasteiger partial charge on any atom is 0.227 e. The molecule has 4 rings (SSSR count). The van der Waals surface area contributed by atoms with Crippen LogP contribution in [0.15, 0.2) is 30.7 Å². The number of morpholine rings is 1. The summed E-state index contributed by atoms with van der Waals surface area (Å²) in [5.74, 6) is 1.50. The summed E-state index contributed by atoms with van der Waals surface area (Å²) in [6.45, 7) is 3.69. The van der Waals surface area contributed by atoms with Crippen LogP contribution in [0.25, 0.3) is 11.0 Å². The van der Waals surface area contributed by atoms with E-state index in [4.69, 9.17) is 9.72 Å². The lowest BCUT2D eigenvalue weighted by Crippen LogP contribution is -2.37. The largest absolute Gasteiger partial charge is 0.378 e. The van der Waals surface area contributed by atoms with E-state index < -0.39 is 0 Å². The lowest BCUT2D eigenvalue weighted by Gasteiger charge is -2.28. The molecule has 0 atom stereocenters. The minimum absolute atomic E-state index is 0.594. The highest BCUT2D eigenvalue weighted by molar-refractivity contribution is 5.88. The third-order valence-corrected chi connectivity index (χ3v) is 4.06. The number of ether oxygens (including phenoxy) is 1. The molecular weight excluding hydrogens is 306 g/mol. The summed E-state index contributed by atoms with van der Waals surface area (Å²) in [5, 5.41) is 8.58. The topological polar surface area (TPSA) is 81.0 Å². The van der Waals surface area contributed by atoms with E-state index in [1.807, 2.05) is 31.6 Å². The Kier molecular flexibility index (Phi) is 3.96. The first kappa shape index (κ1) is 14.8.